The molecule has 1 aliphatic rings. The predicted octanol–water partition coefficient (Wildman–Crippen LogP) is 2.39. The third kappa shape index (κ3) is 4.09. The van der Waals surface area contributed by atoms with Crippen molar-refractivity contribution in [2.24, 2.45) is 5.73 Å². The lowest BCUT2D eigenvalue weighted by Crippen LogP contribution is -2.32. The number of likely N-dealkylation sites (tertiary alicyclic amines) is 1. The maximum absolute atomic E-state index is 13.5. The Bertz CT molecular complexity index is 784. The molecule has 1 aliphatic heterocycles. The second-order valence-electron chi connectivity index (χ2n) is 7.89. The first-order valence-corrected chi connectivity index (χ1v) is 8.86. The Hall–Kier alpha value is -2.28. The van der Waals surface area contributed by atoms with Gasteiger partial charge in [-0.2, -0.15) is 4.98 Å². The second-order valence-corrected chi connectivity index (χ2v) is 7.89. The Balaban J connectivity index is 1.58. The standard InChI is InChI=1S/C19H25FN4O2/c1-19(2,3)18-22-16(26-23-18)7-8-17(25)24-10-14(15(21)11-24)12-5-4-6-13(20)9-12/h4-6,9,14-15H,7-8,10-11,21H2,1-3H3/t14-,15+/m1/s1. The third-order valence-corrected chi connectivity index (χ3v) is 4.69. The summed E-state index contributed by atoms with van der Waals surface area (Å²) < 4.78 is 18.7. The summed E-state index contributed by atoms with van der Waals surface area (Å²) in [5.74, 6) is 0.758. The largest absolute Gasteiger partial charge is 0.340 e. The van der Waals surface area contributed by atoms with Crippen molar-refractivity contribution in [3.05, 3.63) is 47.4 Å². The first-order valence-electron chi connectivity index (χ1n) is 8.86. The number of rotatable bonds is 4. The summed E-state index contributed by atoms with van der Waals surface area (Å²) in [4.78, 5) is 18.6. The lowest BCUT2D eigenvalue weighted by molar-refractivity contribution is -0.130. The monoisotopic (exact) mass is 360 g/mol. The highest BCUT2D eigenvalue weighted by molar-refractivity contribution is 5.77. The topological polar surface area (TPSA) is 85.2 Å². The SMILES string of the molecule is CC(C)(C)c1noc(CCC(=O)N2C[C@H](c3cccc(F)c3)[C@@H](N)C2)n1. The summed E-state index contributed by atoms with van der Waals surface area (Å²) in [6.07, 6.45) is 0.687. The van der Waals surface area contributed by atoms with E-state index in [9.17, 15) is 9.18 Å². The van der Waals surface area contributed by atoms with Gasteiger partial charge in [0.2, 0.25) is 11.8 Å². The summed E-state index contributed by atoms with van der Waals surface area (Å²) in [7, 11) is 0. The first-order chi connectivity index (χ1) is 12.2. The molecule has 1 aromatic heterocycles. The quantitative estimate of drug-likeness (QED) is 0.905. The summed E-state index contributed by atoms with van der Waals surface area (Å²) in [5, 5.41) is 3.97. The molecule has 2 atom stereocenters. The van der Waals surface area contributed by atoms with Crippen molar-refractivity contribution in [1.82, 2.24) is 15.0 Å². The fraction of sp³-hybridized carbons (Fsp3) is 0.526. The maximum atomic E-state index is 13.5. The Morgan fingerprint density at radius 3 is 2.81 bits per heavy atom. The van der Waals surface area contributed by atoms with Gasteiger partial charge in [-0.05, 0) is 17.7 Å². The van der Waals surface area contributed by atoms with E-state index in [-0.39, 0.29) is 35.5 Å². The van der Waals surface area contributed by atoms with Gasteiger partial charge in [0, 0.05) is 43.3 Å². The first kappa shape index (κ1) is 18.5. The lowest BCUT2D eigenvalue weighted by Gasteiger charge is -2.16. The number of aromatic nitrogens is 2. The number of nitrogens with zero attached hydrogens (tertiary/aromatic N) is 3. The molecule has 3 rings (SSSR count). The van der Waals surface area contributed by atoms with Crippen molar-refractivity contribution in [2.75, 3.05) is 13.1 Å². The molecule has 7 heteroatoms. The van der Waals surface area contributed by atoms with Gasteiger partial charge in [-0.25, -0.2) is 4.39 Å². The number of aryl methyl sites for hydroxylation is 1. The van der Waals surface area contributed by atoms with E-state index in [4.69, 9.17) is 10.3 Å². The van der Waals surface area contributed by atoms with Crippen molar-refractivity contribution in [2.45, 2.75) is 51.0 Å². The van der Waals surface area contributed by atoms with Crippen LogP contribution in [-0.2, 0) is 16.6 Å². The van der Waals surface area contributed by atoms with Crippen LogP contribution in [0.25, 0.3) is 0 Å². The van der Waals surface area contributed by atoms with Crippen LogP contribution < -0.4 is 5.73 Å². The molecule has 2 heterocycles. The zero-order valence-corrected chi connectivity index (χ0v) is 15.4. The minimum Gasteiger partial charge on any atom is -0.340 e. The fourth-order valence-electron chi connectivity index (χ4n) is 3.16. The van der Waals surface area contributed by atoms with Crippen LogP contribution in [0.15, 0.2) is 28.8 Å². The van der Waals surface area contributed by atoms with Crippen LogP contribution in [0.5, 0.6) is 0 Å². The molecule has 0 aliphatic carbocycles. The van der Waals surface area contributed by atoms with Gasteiger partial charge in [0.05, 0.1) is 0 Å². The van der Waals surface area contributed by atoms with Crippen LogP contribution >= 0.6 is 0 Å². The van der Waals surface area contributed by atoms with Gasteiger partial charge < -0.3 is 15.2 Å². The van der Waals surface area contributed by atoms with Crippen LogP contribution in [0, 0.1) is 5.82 Å². The Morgan fingerprint density at radius 2 is 2.15 bits per heavy atom. The van der Waals surface area contributed by atoms with E-state index >= 15 is 0 Å². The molecule has 1 aromatic carbocycles. The molecule has 0 spiro atoms. The summed E-state index contributed by atoms with van der Waals surface area (Å²) in [5.41, 5.74) is 6.83. The second kappa shape index (κ2) is 7.15. The normalized spacial score (nSPS) is 20.6. The Kier molecular flexibility index (Phi) is 5.09. The number of carbonyl (C=O) groups excluding carboxylic acids is 1. The van der Waals surface area contributed by atoms with Crippen molar-refractivity contribution < 1.29 is 13.7 Å². The van der Waals surface area contributed by atoms with Crippen LogP contribution in [-0.4, -0.2) is 40.1 Å². The molecular formula is C19H25FN4O2. The summed E-state index contributed by atoms with van der Waals surface area (Å²) in [6.45, 7) is 6.98. The number of hydrogen-bond acceptors (Lipinski definition) is 5. The van der Waals surface area contributed by atoms with E-state index < -0.39 is 0 Å². The third-order valence-electron chi connectivity index (χ3n) is 4.69. The van der Waals surface area contributed by atoms with E-state index in [0.29, 0.717) is 31.2 Å². The molecule has 0 bridgehead atoms. The van der Waals surface area contributed by atoms with Gasteiger partial charge in [-0.1, -0.05) is 38.1 Å². The molecule has 2 aromatic rings. The van der Waals surface area contributed by atoms with Crippen molar-refractivity contribution in [3.8, 4) is 0 Å². The number of carbonyl (C=O) groups is 1. The molecule has 26 heavy (non-hydrogen) atoms. The van der Waals surface area contributed by atoms with Gasteiger partial charge in [0.25, 0.3) is 0 Å². The predicted molar refractivity (Wildman–Crippen MR) is 95.0 cm³/mol. The molecule has 0 saturated carbocycles. The van der Waals surface area contributed by atoms with E-state index in [0.717, 1.165) is 5.56 Å². The number of nitrogens with two attached hydrogens (primary N) is 1. The number of halogens is 1. The molecule has 6 nitrogen and oxygen atoms in total. The van der Waals surface area contributed by atoms with E-state index in [2.05, 4.69) is 10.1 Å². The van der Waals surface area contributed by atoms with Gasteiger partial charge in [0.1, 0.15) is 5.82 Å². The molecule has 1 saturated heterocycles. The zero-order chi connectivity index (χ0) is 18.9. The molecule has 140 valence electrons. The van der Waals surface area contributed by atoms with Crippen LogP contribution in [0.1, 0.15) is 50.4 Å². The highest BCUT2D eigenvalue weighted by Crippen LogP contribution is 2.27. The zero-order valence-electron chi connectivity index (χ0n) is 15.4. The van der Waals surface area contributed by atoms with E-state index in [1.807, 2.05) is 26.8 Å². The molecule has 2 N–H and O–H groups in total. The molecule has 1 amide bonds. The lowest BCUT2D eigenvalue weighted by atomic mass is 9.95. The van der Waals surface area contributed by atoms with Crippen molar-refractivity contribution >= 4 is 5.91 Å². The number of amides is 1. The van der Waals surface area contributed by atoms with Gasteiger partial charge >= 0.3 is 0 Å². The summed E-state index contributed by atoms with van der Waals surface area (Å²) >= 11 is 0. The Morgan fingerprint density at radius 1 is 1.38 bits per heavy atom. The van der Waals surface area contributed by atoms with Crippen molar-refractivity contribution in [1.29, 1.82) is 0 Å². The molecule has 0 radical (unpaired) electrons. The number of hydrogen-bond donors (Lipinski definition) is 1. The average Bonchev–Trinajstić information content (AvgIpc) is 3.19. The molecular weight excluding hydrogens is 335 g/mol. The van der Waals surface area contributed by atoms with E-state index in [1.54, 1.807) is 11.0 Å². The molecule has 0 unspecified atom stereocenters. The summed E-state index contributed by atoms with van der Waals surface area (Å²) in [6, 6.07) is 6.23. The number of benzene rings is 1. The highest BCUT2D eigenvalue weighted by atomic mass is 19.1. The van der Waals surface area contributed by atoms with Crippen molar-refractivity contribution in [3.63, 3.8) is 0 Å². The van der Waals surface area contributed by atoms with Gasteiger partial charge in [0.15, 0.2) is 5.82 Å². The van der Waals surface area contributed by atoms with E-state index in [1.165, 1.54) is 12.1 Å². The minimum absolute atomic E-state index is 0.00476. The van der Waals surface area contributed by atoms with Crippen LogP contribution in [0.2, 0.25) is 0 Å². The van der Waals surface area contributed by atoms with Crippen LogP contribution in [0.4, 0.5) is 4.39 Å². The van der Waals surface area contributed by atoms with Gasteiger partial charge in [-0.15, -0.1) is 0 Å². The molecule has 1 fully saturated rings. The van der Waals surface area contributed by atoms with Gasteiger partial charge in [-0.3, -0.25) is 4.79 Å². The fourth-order valence-corrected chi connectivity index (χ4v) is 3.16. The average molecular weight is 360 g/mol. The van der Waals surface area contributed by atoms with Crippen LogP contribution in [0.3, 0.4) is 0 Å². The Labute approximate surface area is 152 Å². The maximum Gasteiger partial charge on any atom is 0.227 e. The highest BCUT2D eigenvalue weighted by Gasteiger charge is 2.34. The minimum atomic E-state index is -0.287. The smallest absolute Gasteiger partial charge is 0.227 e.